The molecule has 2 rings (SSSR count). The SMILES string of the molecule is Cc1ccc(C)c(C(=O)NC(C)C2CCC2)c1C(=O)O. The standard InChI is InChI=1S/C16H21NO3/c1-9-7-8-10(2)14(16(19)20)13(9)15(18)17-11(3)12-5-4-6-12/h7-8,11-12H,4-6H2,1-3H3,(H,17,18)(H,19,20). The van der Waals surface area contributed by atoms with E-state index in [0.717, 1.165) is 12.8 Å². The second-order valence-corrected chi connectivity index (χ2v) is 5.71. The molecule has 1 aliphatic carbocycles. The lowest BCUT2D eigenvalue weighted by Crippen LogP contribution is -2.41. The minimum atomic E-state index is -1.05. The van der Waals surface area contributed by atoms with Crippen molar-refractivity contribution in [2.75, 3.05) is 0 Å². The fourth-order valence-corrected chi connectivity index (χ4v) is 2.72. The molecule has 4 heteroatoms. The van der Waals surface area contributed by atoms with Gasteiger partial charge in [0.15, 0.2) is 0 Å². The van der Waals surface area contributed by atoms with Crippen molar-refractivity contribution in [3.05, 3.63) is 34.4 Å². The highest BCUT2D eigenvalue weighted by Crippen LogP contribution is 2.29. The van der Waals surface area contributed by atoms with Crippen LogP contribution in [0.3, 0.4) is 0 Å². The summed E-state index contributed by atoms with van der Waals surface area (Å²) in [5.74, 6) is -0.798. The number of aryl methyl sites for hydroxylation is 2. The molecular weight excluding hydrogens is 254 g/mol. The molecule has 1 aromatic carbocycles. The van der Waals surface area contributed by atoms with Gasteiger partial charge in [-0.3, -0.25) is 4.79 Å². The van der Waals surface area contributed by atoms with E-state index in [2.05, 4.69) is 5.32 Å². The van der Waals surface area contributed by atoms with Gasteiger partial charge in [0, 0.05) is 6.04 Å². The highest BCUT2D eigenvalue weighted by Gasteiger charge is 2.27. The lowest BCUT2D eigenvalue weighted by atomic mass is 9.80. The van der Waals surface area contributed by atoms with Gasteiger partial charge >= 0.3 is 5.97 Å². The van der Waals surface area contributed by atoms with Crippen LogP contribution in [0.15, 0.2) is 12.1 Å². The third kappa shape index (κ3) is 2.69. The van der Waals surface area contributed by atoms with Crippen LogP contribution in [0.2, 0.25) is 0 Å². The first-order chi connectivity index (χ1) is 9.41. The highest BCUT2D eigenvalue weighted by molar-refractivity contribution is 6.06. The van der Waals surface area contributed by atoms with Crippen molar-refractivity contribution < 1.29 is 14.7 Å². The predicted octanol–water partition coefficient (Wildman–Crippen LogP) is 2.92. The Kier molecular flexibility index (Phi) is 4.12. The van der Waals surface area contributed by atoms with Crippen LogP contribution in [-0.2, 0) is 0 Å². The molecule has 2 N–H and O–H groups in total. The zero-order valence-corrected chi connectivity index (χ0v) is 12.2. The van der Waals surface area contributed by atoms with E-state index in [1.807, 2.05) is 6.92 Å². The molecule has 0 spiro atoms. The number of amides is 1. The zero-order chi connectivity index (χ0) is 14.9. The number of rotatable bonds is 4. The number of carbonyl (C=O) groups excluding carboxylic acids is 1. The monoisotopic (exact) mass is 275 g/mol. The van der Waals surface area contributed by atoms with E-state index in [9.17, 15) is 14.7 Å². The molecule has 1 unspecified atom stereocenters. The van der Waals surface area contributed by atoms with Gasteiger partial charge in [-0.1, -0.05) is 18.6 Å². The molecule has 0 saturated heterocycles. The van der Waals surface area contributed by atoms with E-state index < -0.39 is 5.97 Å². The van der Waals surface area contributed by atoms with Crippen LogP contribution in [0.25, 0.3) is 0 Å². The maximum absolute atomic E-state index is 12.4. The van der Waals surface area contributed by atoms with E-state index in [1.54, 1.807) is 26.0 Å². The van der Waals surface area contributed by atoms with Crippen molar-refractivity contribution in [3.63, 3.8) is 0 Å². The van der Waals surface area contributed by atoms with Gasteiger partial charge in [-0.2, -0.15) is 0 Å². The Morgan fingerprint density at radius 3 is 2.20 bits per heavy atom. The first kappa shape index (κ1) is 14.6. The normalized spacial score (nSPS) is 16.4. The second-order valence-electron chi connectivity index (χ2n) is 5.71. The van der Waals surface area contributed by atoms with Gasteiger partial charge in [-0.25, -0.2) is 4.79 Å². The first-order valence-electron chi connectivity index (χ1n) is 7.06. The maximum Gasteiger partial charge on any atom is 0.336 e. The Morgan fingerprint density at radius 1 is 1.20 bits per heavy atom. The lowest BCUT2D eigenvalue weighted by Gasteiger charge is -2.32. The number of carboxylic acid groups (broad SMARTS) is 1. The summed E-state index contributed by atoms with van der Waals surface area (Å²) in [5.41, 5.74) is 1.72. The molecule has 0 aromatic heterocycles. The Morgan fingerprint density at radius 2 is 1.75 bits per heavy atom. The number of carboxylic acids is 1. The van der Waals surface area contributed by atoms with Crippen molar-refractivity contribution in [2.45, 2.75) is 46.1 Å². The lowest BCUT2D eigenvalue weighted by molar-refractivity contribution is 0.0688. The number of benzene rings is 1. The van der Waals surface area contributed by atoms with Gasteiger partial charge in [-0.15, -0.1) is 0 Å². The van der Waals surface area contributed by atoms with Gasteiger partial charge in [0.05, 0.1) is 11.1 Å². The summed E-state index contributed by atoms with van der Waals surface area (Å²) >= 11 is 0. The molecule has 0 aliphatic heterocycles. The number of nitrogens with one attached hydrogen (secondary N) is 1. The Balaban J connectivity index is 2.28. The second kappa shape index (κ2) is 5.65. The quantitative estimate of drug-likeness (QED) is 0.888. The molecule has 20 heavy (non-hydrogen) atoms. The molecule has 4 nitrogen and oxygen atoms in total. The molecule has 1 fully saturated rings. The maximum atomic E-state index is 12.4. The van der Waals surface area contributed by atoms with E-state index in [0.29, 0.717) is 22.6 Å². The molecular formula is C16H21NO3. The average Bonchev–Trinajstić information content (AvgIpc) is 2.28. The summed E-state index contributed by atoms with van der Waals surface area (Å²) < 4.78 is 0. The zero-order valence-electron chi connectivity index (χ0n) is 12.2. The molecule has 1 aromatic rings. The van der Waals surface area contributed by atoms with Crippen molar-refractivity contribution in [2.24, 2.45) is 5.92 Å². The van der Waals surface area contributed by atoms with Gasteiger partial charge in [0.1, 0.15) is 0 Å². The Labute approximate surface area is 119 Å². The van der Waals surface area contributed by atoms with Crippen molar-refractivity contribution in [1.29, 1.82) is 0 Å². The first-order valence-corrected chi connectivity index (χ1v) is 7.06. The highest BCUT2D eigenvalue weighted by atomic mass is 16.4. The summed E-state index contributed by atoms with van der Waals surface area (Å²) in [6.45, 7) is 5.48. The topological polar surface area (TPSA) is 66.4 Å². The van der Waals surface area contributed by atoms with Gasteiger partial charge in [0.25, 0.3) is 5.91 Å². The van der Waals surface area contributed by atoms with E-state index in [-0.39, 0.29) is 17.5 Å². The van der Waals surface area contributed by atoms with Crippen molar-refractivity contribution in [1.82, 2.24) is 5.32 Å². The van der Waals surface area contributed by atoms with Crippen LogP contribution in [0, 0.1) is 19.8 Å². The molecule has 1 aliphatic rings. The summed E-state index contributed by atoms with van der Waals surface area (Å²) in [7, 11) is 0. The van der Waals surface area contributed by atoms with Crippen LogP contribution in [-0.4, -0.2) is 23.0 Å². The predicted molar refractivity (Wildman–Crippen MR) is 77.1 cm³/mol. The number of hydrogen-bond acceptors (Lipinski definition) is 2. The Bertz CT molecular complexity index is 547. The van der Waals surface area contributed by atoms with Crippen LogP contribution in [0.4, 0.5) is 0 Å². The van der Waals surface area contributed by atoms with Gasteiger partial charge in [0.2, 0.25) is 0 Å². The summed E-state index contributed by atoms with van der Waals surface area (Å²) in [6.07, 6.45) is 3.49. The van der Waals surface area contributed by atoms with Gasteiger partial charge < -0.3 is 10.4 Å². The summed E-state index contributed by atoms with van der Waals surface area (Å²) in [5, 5.41) is 12.3. The van der Waals surface area contributed by atoms with E-state index in [4.69, 9.17) is 0 Å². The Hall–Kier alpha value is -1.84. The average molecular weight is 275 g/mol. The number of aromatic carboxylic acids is 1. The third-order valence-corrected chi connectivity index (χ3v) is 4.28. The minimum absolute atomic E-state index is 0.0952. The fourth-order valence-electron chi connectivity index (χ4n) is 2.72. The summed E-state index contributed by atoms with van der Waals surface area (Å²) in [4.78, 5) is 23.8. The van der Waals surface area contributed by atoms with E-state index >= 15 is 0 Å². The van der Waals surface area contributed by atoms with Crippen molar-refractivity contribution in [3.8, 4) is 0 Å². The molecule has 0 heterocycles. The smallest absolute Gasteiger partial charge is 0.336 e. The molecule has 1 saturated carbocycles. The van der Waals surface area contributed by atoms with Crippen LogP contribution in [0.1, 0.15) is 58.0 Å². The van der Waals surface area contributed by atoms with Crippen LogP contribution < -0.4 is 5.32 Å². The molecule has 1 atom stereocenters. The number of carbonyl (C=O) groups is 2. The fraction of sp³-hybridized carbons (Fsp3) is 0.500. The molecule has 0 bridgehead atoms. The number of hydrogen-bond donors (Lipinski definition) is 2. The van der Waals surface area contributed by atoms with E-state index in [1.165, 1.54) is 6.42 Å². The molecule has 1 amide bonds. The largest absolute Gasteiger partial charge is 0.478 e. The van der Waals surface area contributed by atoms with Crippen molar-refractivity contribution >= 4 is 11.9 Å². The molecule has 0 radical (unpaired) electrons. The van der Waals surface area contributed by atoms with Gasteiger partial charge in [-0.05, 0) is 50.7 Å². The van der Waals surface area contributed by atoms with Crippen LogP contribution >= 0.6 is 0 Å². The third-order valence-electron chi connectivity index (χ3n) is 4.28. The van der Waals surface area contributed by atoms with Crippen LogP contribution in [0.5, 0.6) is 0 Å². The molecule has 108 valence electrons. The summed E-state index contributed by atoms with van der Waals surface area (Å²) in [6, 6.07) is 3.63. The minimum Gasteiger partial charge on any atom is -0.478 e.